The predicted molar refractivity (Wildman–Crippen MR) is 80.9 cm³/mol. The van der Waals surface area contributed by atoms with E-state index in [1.165, 1.54) is 24.3 Å². The highest BCUT2D eigenvalue weighted by Gasteiger charge is 2.10. The van der Waals surface area contributed by atoms with Gasteiger partial charge in [-0.3, -0.25) is 4.79 Å². The summed E-state index contributed by atoms with van der Waals surface area (Å²) < 4.78 is 12.8. The minimum absolute atomic E-state index is 0.0440. The fraction of sp³-hybridized carbons (Fsp3) is 0.235. The van der Waals surface area contributed by atoms with Crippen LogP contribution in [0.3, 0.4) is 0 Å². The van der Waals surface area contributed by atoms with Gasteiger partial charge in [0.05, 0.1) is 12.5 Å². The summed E-state index contributed by atoms with van der Waals surface area (Å²) in [5, 5.41) is 22.1. The Bertz CT molecular complexity index is 655. The average Bonchev–Trinajstić information content (AvgIpc) is 2.49. The molecule has 116 valence electrons. The molecule has 0 radical (unpaired) electrons. The molecule has 2 rings (SSSR count). The van der Waals surface area contributed by atoms with Gasteiger partial charge in [0.2, 0.25) is 5.91 Å². The Hall–Kier alpha value is -2.40. The number of halogens is 1. The van der Waals surface area contributed by atoms with E-state index < -0.39 is 6.10 Å². The molecule has 0 saturated heterocycles. The van der Waals surface area contributed by atoms with Crippen LogP contribution < -0.4 is 5.32 Å². The van der Waals surface area contributed by atoms with E-state index in [1.54, 1.807) is 25.1 Å². The number of benzene rings is 2. The van der Waals surface area contributed by atoms with Crippen LogP contribution in [-0.2, 0) is 11.2 Å². The molecule has 4 nitrogen and oxygen atoms in total. The quantitative estimate of drug-likeness (QED) is 0.793. The average molecular weight is 303 g/mol. The third-order valence-electron chi connectivity index (χ3n) is 3.39. The molecule has 5 heteroatoms. The number of aromatic hydroxyl groups is 1. The van der Waals surface area contributed by atoms with Crippen molar-refractivity contribution in [2.45, 2.75) is 19.4 Å². The monoisotopic (exact) mass is 303 g/mol. The number of carbonyl (C=O) groups excluding carboxylic acids is 1. The molecule has 0 aliphatic heterocycles. The van der Waals surface area contributed by atoms with Crippen LogP contribution in [0.15, 0.2) is 42.5 Å². The number of aliphatic hydroxyl groups excluding tert-OH is 1. The SMILES string of the molecule is Cc1ccc(CC(=O)NCC(O)c2ccc(F)cc2)cc1O. The summed E-state index contributed by atoms with van der Waals surface area (Å²) in [6.45, 7) is 1.82. The predicted octanol–water partition coefficient (Wildman–Crippen LogP) is 2.23. The zero-order valence-corrected chi connectivity index (χ0v) is 12.2. The lowest BCUT2D eigenvalue weighted by atomic mass is 10.1. The fourth-order valence-corrected chi connectivity index (χ4v) is 2.03. The normalized spacial score (nSPS) is 12.0. The Morgan fingerprint density at radius 3 is 2.55 bits per heavy atom. The van der Waals surface area contributed by atoms with Gasteiger partial charge in [-0.05, 0) is 41.8 Å². The molecule has 0 heterocycles. The second-order valence-electron chi connectivity index (χ2n) is 5.17. The summed E-state index contributed by atoms with van der Waals surface area (Å²) in [7, 11) is 0. The first-order valence-corrected chi connectivity index (χ1v) is 6.94. The maximum atomic E-state index is 12.8. The van der Waals surface area contributed by atoms with Gasteiger partial charge in [-0.1, -0.05) is 24.3 Å². The fourth-order valence-electron chi connectivity index (χ4n) is 2.03. The van der Waals surface area contributed by atoms with Gasteiger partial charge < -0.3 is 15.5 Å². The standard InChI is InChI=1S/C17H18FNO3/c1-11-2-3-12(8-15(11)20)9-17(22)19-10-16(21)13-4-6-14(18)7-5-13/h2-8,16,20-21H,9-10H2,1H3,(H,19,22). The number of nitrogens with one attached hydrogen (secondary N) is 1. The Morgan fingerprint density at radius 1 is 1.23 bits per heavy atom. The lowest BCUT2D eigenvalue weighted by Crippen LogP contribution is -2.29. The van der Waals surface area contributed by atoms with Crippen molar-refractivity contribution < 1.29 is 19.4 Å². The third kappa shape index (κ3) is 4.30. The van der Waals surface area contributed by atoms with Crippen molar-refractivity contribution >= 4 is 5.91 Å². The number of amides is 1. The minimum Gasteiger partial charge on any atom is -0.508 e. The van der Waals surface area contributed by atoms with Crippen molar-refractivity contribution in [1.29, 1.82) is 0 Å². The van der Waals surface area contributed by atoms with E-state index in [0.29, 0.717) is 11.1 Å². The van der Waals surface area contributed by atoms with Gasteiger partial charge in [0, 0.05) is 6.54 Å². The van der Waals surface area contributed by atoms with Gasteiger partial charge in [0.15, 0.2) is 0 Å². The lowest BCUT2D eigenvalue weighted by molar-refractivity contribution is -0.120. The van der Waals surface area contributed by atoms with E-state index in [9.17, 15) is 19.4 Å². The van der Waals surface area contributed by atoms with Crippen LogP contribution in [0.5, 0.6) is 5.75 Å². The zero-order chi connectivity index (χ0) is 16.1. The first kappa shape index (κ1) is 16.0. The Balaban J connectivity index is 1.86. The van der Waals surface area contributed by atoms with Gasteiger partial charge in [0.25, 0.3) is 0 Å². The Morgan fingerprint density at radius 2 is 1.91 bits per heavy atom. The van der Waals surface area contributed by atoms with Gasteiger partial charge >= 0.3 is 0 Å². The molecule has 1 unspecified atom stereocenters. The van der Waals surface area contributed by atoms with Crippen LogP contribution in [-0.4, -0.2) is 22.7 Å². The highest BCUT2D eigenvalue weighted by Crippen LogP contribution is 2.18. The molecule has 0 aromatic heterocycles. The van der Waals surface area contributed by atoms with Crippen LogP contribution in [0, 0.1) is 12.7 Å². The van der Waals surface area contributed by atoms with E-state index in [4.69, 9.17) is 0 Å². The number of phenols is 1. The van der Waals surface area contributed by atoms with Gasteiger partial charge in [0.1, 0.15) is 11.6 Å². The Labute approximate surface area is 128 Å². The van der Waals surface area contributed by atoms with Crippen molar-refractivity contribution in [1.82, 2.24) is 5.32 Å². The molecule has 0 bridgehead atoms. The summed E-state index contributed by atoms with van der Waals surface area (Å²) in [6, 6.07) is 10.5. The summed E-state index contributed by atoms with van der Waals surface area (Å²) in [6.07, 6.45) is -0.778. The number of aliphatic hydroxyl groups is 1. The lowest BCUT2D eigenvalue weighted by Gasteiger charge is -2.12. The van der Waals surface area contributed by atoms with E-state index in [0.717, 1.165) is 5.56 Å². The van der Waals surface area contributed by atoms with Crippen molar-refractivity contribution in [3.63, 3.8) is 0 Å². The Kier molecular flexibility index (Phi) is 5.12. The molecule has 0 fully saturated rings. The van der Waals surface area contributed by atoms with Crippen LogP contribution in [0.1, 0.15) is 22.8 Å². The second-order valence-corrected chi connectivity index (χ2v) is 5.17. The van der Waals surface area contributed by atoms with Gasteiger partial charge in [-0.2, -0.15) is 0 Å². The molecule has 0 saturated carbocycles. The van der Waals surface area contributed by atoms with Crippen molar-refractivity contribution in [3.8, 4) is 5.75 Å². The third-order valence-corrected chi connectivity index (χ3v) is 3.39. The minimum atomic E-state index is -0.893. The number of carbonyl (C=O) groups is 1. The molecule has 0 spiro atoms. The molecule has 2 aromatic rings. The number of rotatable bonds is 5. The van der Waals surface area contributed by atoms with Crippen molar-refractivity contribution in [3.05, 3.63) is 65.0 Å². The smallest absolute Gasteiger partial charge is 0.224 e. The summed E-state index contributed by atoms with van der Waals surface area (Å²) in [4.78, 5) is 11.8. The molecular formula is C17H18FNO3. The maximum absolute atomic E-state index is 12.8. The molecule has 22 heavy (non-hydrogen) atoms. The van der Waals surface area contributed by atoms with Crippen LogP contribution in [0.2, 0.25) is 0 Å². The zero-order valence-electron chi connectivity index (χ0n) is 12.2. The first-order valence-electron chi connectivity index (χ1n) is 6.94. The molecule has 0 aliphatic rings. The van der Waals surface area contributed by atoms with E-state index in [2.05, 4.69) is 5.32 Å². The number of phenolic OH excluding ortho intramolecular Hbond substituents is 1. The summed E-state index contributed by atoms with van der Waals surface area (Å²) in [5.74, 6) is -0.486. The number of hydrogen-bond acceptors (Lipinski definition) is 3. The highest BCUT2D eigenvalue weighted by atomic mass is 19.1. The maximum Gasteiger partial charge on any atom is 0.224 e. The van der Waals surface area contributed by atoms with Gasteiger partial charge in [-0.25, -0.2) is 4.39 Å². The second kappa shape index (κ2) is 7.04. The molecule has 0 aliphatic carbocycles. The first-order chi connectivity index (χ1) is 10.5. The van der Waals surface area contributed by atoms with E-state index in [-0.39, 0.29) is 30.4 Å². The van der Waals surface area contributed by atoms with Crippen molar-refractivity contribution in [2.24, 2.45) is 0 Å². The van der Waals surface area contributed by atoms with E-state index >= 15 is 0 Å². The molecule has 1 atom stereocenters. The van der Waals surface area contributed by atoms with Crippen molar-refractivity contribution in [2.75, 3.05) is 6.54 Å². The topological polar surface area (TPSA) is 69.6 Å². The van der Waals surface area contributed by atoms with E-state index in [1.807, 2.05) is 0 Å². The highest BCUT2D eigenvalue weighted by molar-refractivity contribution is 5.78. The largest absolute Gasteiger partial charge is 0.508 e. The van der Waals surface area contributed by atoms with Crippen LogP contribution in [0.25, 0.3) is 0 Å². The molecular weight excluding hydrogens is 285 g/mol. The number of aryl methyl sites for hydroxylation is 1. The number of hydrogen-bond donors (Lipinski definition) is 3. The summed E-state index contributed by atoms with van der Waals surface area (Å²) in [5.41, 5.74) is 1.97. The van der Waals surface area contributed by atoms with Gasteiger partial charge in [-0.15, -0.1) is 0 Å². The molecule has 3 N–H and O–H groups in total. The van der Waals surface area contributed by atoms with Crippen LogP contribution >= 0.6 is 0 Å². The molecule has 1 amide bonds. The molecule has 2 aromatic carbocycles. The summed E-state index contributed by atoms with van der Waals surface area (Å²) >= 11 is 0. The van der Waals surface area contributed by atoms with Crippen LogP contribution in [0.4, 0.5) is 4.39 Å².